The predicted octanol–water partition coefficient (Wildman–Crippen LogP) is 3.32. The number of aromatic amines is 1. The Morgan fingerprint density at radius 3 is 2.90 bits per heavy atom. The van der Waals surface area contributed by atoms with Gasteiger partial charge in [0.1, 0.15) is 5.82 Å². The van der Waals surface area contributed by atoms with E-state index < -0.39 is 0 Å². The fourth-order valence-electron chi connectivity index (χ4n) is 1.74. The van der Waals surface area contributed by atoms with E-state index in [1.54, 1.807) is 17.8 Å². The normalized spacial score (nSPS) is 11.0. The third-order valence-electron chi connectivity index (χ3n) is 2.71. The maximum Gasteiger partial charge on any atom is 0.251 e. The van der Waals surface area contributed by atoms with Crippen LogP contribution in [-0.4, -0.2) is 16.0 Å². The molecule has 0 radical (unpaired) electrons. The Hall–Kier alpha value is -1.11. The Bertz CT molecular complexity index is 657. The lowest BCUT2D eigenvalue weighted by Gasteiger charge is -2.08. The van der Waals surface area contributed by atoms with E-state index in [1.165, 1.54) is 0 Å². The molecule has 6 heteroatoms. The quantitative estimate of drug-likeness (QED) is 0.768. The highest BCUT2D eigenvalue weighted by atomic mass is 79.9. The second-order valence-electron chi connectivity index (χ2n) is 4.97. The molecule has 0 fully saturated rings. The topological polar surface area (TPSA) is 57.8 Å². The number of halogens is 1. The van der Waals surface area contributed by atoms with Gasteiger partial charge in [-0.3, -0.25) is 4.79 Å². The number of benzene rings is 1. The van der Waals surface area contributed by atoms with Crippen molar-refractivity contribution in [2.24, 2.45) is 0 Å². The van der Waals surface area contributed by atoms with Gasteiger partial charge in [-0.1, -0.05) is 35.8 Å². The molecular formula is C15H18BrN3OS. The van der Waals surface area contributed by atoms with Gasteiger partial charge in [-0.05, 0) is 18.2 Å². The maximum atomic E-state index is 11.7. The Morgan fingerprint density at radius 2 is 2.19 bits per heavy atom. The summed E-state index contributed by atoms with van der Waals surface area (Å²) >= 11 is 5.10. The van der Waals surface area contributed by atoms with Crippen molar-refractivity contribution >= 4 is 27.7 Å². The van der Waals surface area contributed by atoms with E-state index in [1.807, 2.05) is 24.3 Å². The molecule has 2 rings (SSSR count). The van der Waals surface area contributed by atoms with Crippen molar-refractivity contribution in [3.63, 3.8) is 0 Å². The summed E-state index contributed by atoms with van der Waals surface area (Å²) in [4.78, 5) is 20.1. The highest BCUT2D eigenvalue weighted by molar-refractivity contribution is 9.10. The Kier molecular flexibility index (Phi) is 6.02. The largest absolute Gasteiger partial charge is 0.310 e. The van der Waals surface area contributed by atoms with E-state index in [2.05, 4.69) is 45.1 Å². The first-order valence-electron chi connectivity index (χ1n) is 6.74. The molecule has 21 heavy (non-hydrogen) atoms. The van der Waals surface area contributed by atoms with Crippen LogP contribution in [-0.2, 0) is 12.3 Å². The van der Waals surface area contributed by atoms with E-state index in [4.69, 9.17) is 0 Å². The third kappa shape index (κ3) is 5.65. The van der Waals surface area contributed by atoms with Crippen molar-refractivity contribution in [2.75, 3.05) is 0 Å². The second kappa shape index (κ2) is 7.77. The van der Waals surface area contributed by atoms with E-state index >= 15 is 0 Å². The van der Waals surface area contributed by atoms with Crippen LogP contribution in [0, 0.1) is 0 Å². The predicted molar refractivity (Wildman–Crippen MR) is 90.5 cm³/mol. The minimum absolute atomic E-state index is 0.101. The van der Waals surface area contributed by atoms with Crippen LogP contribution in [0.3, 0.4) is 0 Å². The highest BCUT2D eigenvalue weighted by Crippen LogP contribution is 2.24. The molecule has 0 spiro atoms. The molecule has 2 aromatic rings. The van der Waals surface area contributed by atoms with Gasteiger partial charge in [0.2, 0.25) is 0 Å². The van der Waals surface area contributed by atoms with Crippen molar-refractivity contribution in [3.05, 3.63) is 56.7 Å². The van der Waals surface area contributed by atoms with Crippen LogP contribution in [0.5, 0.6) is 0 Å². The molecule has 0 bridgehead atoms. The average Bonchev–Trinajstić information content (AvgIpc) is 2.43. The summed E-state index contributed by atoms with van der Waals surface area (Å²) in [5.74, 6) is 1.34. The minimum atomic E-state index is -0.101. The molecule has 112 valence electrons. The van der Waals surface area contributed by atoms with Crippen LogP contribution >= 0.6 is 27.7 Å². The summed E-state index contributed by atoms with van der Waals surface area (Å²) in [5.41, 5.74) is 0.674. The van der Waals surface area contributed by atoms with Crippen molar-refractivity contribution in [2.45, 2.75) is 37.1 Å². The smallest absolute Gasteiger partial charge is 0.251 e. The number of nitrogens with one attached hydrogen (secondary N) is 2. The maximum absolute atomic E-state index is 11.7. The fraction of sp³-hybridized carbons (Fsp3) is 0.333. The highest BCUT2D eigenvalue weighted by Gasteiger charge is 2.04. The van der Waals surface area contributed by atoms with Crippen molar-refractivity contribution < 1.29 is 0 Å². The number of hydrogen-bond acceptors (Lipinski definition) is 4. The summed E-state index contributed by atoms with van der Waals surface area (Å²) < 4.78 is 1.05. The van der Waals surface area contributed by atoms with Gasteiger partial charge in [-0.15, -0.1) is 11.8 Å². The van der Waals surface area contributed by atoms with E-state index in [-0.39, 0.29) is 5.56 Å². The molecule has 0 unspecified atom stereocenters. The number of hydrogen-bond donors (Lipinski definition) is 2. The average molecular weight is 368 g/mol. The van der Waals surface area contributed by atoms with Crippen LogP contribution in [0.25, 0.3) is 0 Å². The van der Waals surface area contributed by atoms with E-state index in [0.717, 1.165) is 15.1 Å². The SMILES string of the molecule is CC(C)NCc1cc(=O)[nH]c(CSc2cccc(Br)c2)n1. The van der Waals surface area contributed by atoms with E-state index in [0.29, 0.717) is 24.2 Å². The molecule has 0 aliphatic carbocycles. The minimum Gasteiger partial charge on any atom is -0.310 e. The van der Waals surface area contributed by atoms with Crippen molar-refractivity contribution in [3.8, 4) is 0 Å². The molecule has 1 aromatic heterocycles. The van der Waals surface area contributed by atoms with E-state index in [9.17, 15) is 4.79 Å². The summed E-state index contributed by atoms with van der Waals surface area (Å²) in [6, 6.07) is 9.98. The zero-order valence-electron chi connectivity index (χ0n) is 12.0. The van der Waals surface area contributed by atoms with Gasteiger partial charge in [-0.2, -0.15) is 0 Å². The molecule has 0 saturated heterocycles. The van der Waals surface area contributed by atoms with Gasteiger partial charge in [-0.25, -0.2) is 4.98 Å². The molecule has 4 nitrogen and oxygen atoms in total. The fourth-order valence-corrected chi connectivity index (χ4v) is 3.12. The molecular weight excluding hydrogens is 350 g/mol. The summed E-state index contributed by atoms with van der Waals surface area (Å²) in [7, 11) is 0. The lowest BCUT2D eigenvalue weighted by Crippen LogP contribution is -2.24. The van der Waals surface area contributed by atoms with Crippen LogP contribution in [0.1, 0.15) is 25.4 Å². The van der Waals surface area contributed by atoms with Gasteiger partial charge < -0.3 is 10.3 Å². The first kappa shape index (κ1) is 16.3. The third-order valence-corrected chi connectivity index (χ3v) is 4.21. The number of nitrogens with zero attached hydrogens (tertiary/aromatic N) is 1. The number of rotatable bonds is 6. The zero-order valence-corrected chi connectivity index (χ0v) is 14.4. The van der Waals surface area contributed by atoms with Gasteiger partial charge in [0, 0.05) is 28.0 Å². The second-order valence-corrected chi connectivity index (χ2v) is 6.93. The van der Waals surface area contributed by atoms with Gasteiger partial charge >= 0.3 is 0 Å². The van der Waals surface area contributed by atoms with Crippen LogP contribution in [0.15, 0.2) is 44.5 Å². The molecule has 1 aromatic carbocycles. The van der Waals surface area contributed by atoms with Gasteiger partial charge in [0.05, 0.1) is 11.4 Å². The molecule has 0 amide bonds. The number of aromatic nitrogens is 2. The summed E-state index contributed by atoms with van der Waals surface area (Å²) in [6.45, 7) is 4.74. The van der Waals surface area contributed by atoms with Crippen molar-refractivity contribution in [1.82, 2.24) is 15.3 Å². The lowest BCUT2D eigenvalue weighted by molar-refractivity contribution is 0.579. The lowest BCUT2D eigenvalue weighted by atomic mass is 10.3. The summed E-state index contributed by atoms with van der Waals surface area (Å²) in [6.07, 6.45) is 0. The molecule has 2 N–H and O–H groups in total. The van der Waals surface area contributed by atoms with Crippen LogP contribution in [0.2, 0.25) is 0 Å². The number of H-pyrrole nitrogens is 1. The molecule has 0 aliphatic heterocycles. The Morgan fingerprint density at radius 1 is 1.38 bits per heavy atom. The molecule has 1 heterocycles. The van der Waals surface area contributed by atoms with Gasteiger partial charge in [0.25, 0.3) is 5.56 Å². The standard InChI is InChI=1S/C15H18BrN3OS/c1-10(2)17-8-12-7-15(20)19-14(18-12)9-21-13-5-3-4-11(16)6-13/h3-7,10,17H,8-9H2,1-2H3,(H,18,19,20). The monoisotopic (exact) mass is 367 g/mol. The Labute approximate surface area is 136 Å². The molecule has 0 aliphatic rings. The molecule has 0 saturated carbocycles. The van der Waals surface area contributed by atoms with Gasteiger partial charge in [0.15, 0.2) is 0 Å². The first-order chi connectivity index (χ1) is 10.0. The summed E-state index contributed by atoms with van der Waals surface area (Å²) in [5, 5.41) is 3.27. The Balaban J connectivity index is 2.04. The van der Waals surface area contributed by atoms with Crippen LogP contribution in [0.4, 0.5) is 0 Å². The van der Waals surface area contributed by atoms with Crippen molar-refractivity contribution in [1.29, 1.82) is 0 Å². The first-order valence-corrected chi connectivity index (χ1v) is 8.51. The van der Waals surface area contributed by atoms with Crippen LogP contribution < -0.4 is 10.9 Å². The number of thioether (sulfide) groups is 1. The molecule has 0 atom stereocenters. The zero-order chi connectivity index (χ0) is 15.2.